The molecule has 0 N–H and O–H groups in total. The number of fused-ring (bicyclic) bond motifs is 1. The van der Waals surface area contributed by atoms with Crippen LogP contribution in [0.25, 0.3) is 11.0 Å². The van der Waals surface area contributed by atoms with Crippen molar-refractivity contribution in [1.82, 2.24) is 9.13 Å². The van der Waals surface area contributed by atoms with E-state index in [1.807, 2.05) is 18.2 Å². The highest BCUT2D eigenvalue weighted by Crippen LogP contribution is 2.16. The van der Waals surface area contributed by atoms with Crippen LogP contribution in [0.2, 0.25) is 0 Å². The Balaban J connectivity index is 2.10. The van der Waals surface area contributed by atoms with Crippen LogP contribution in [0.1, 0.15) is 55.8 Å². The van der Waals surface area contributed by atoms with Gasteiger partial charge in [0.1, 0.15) is 0 Å². The first kappa shape index (κ1) is 15.5. The number of imidazole rings is 1. The largest absolute Gasteiger partial charge is 0.328 e. The summed E-state index contributed by atoms with van der Waals surface area (Å²) in [7, 11) is 3.49. The molecule has 0 unspecified atom stereocenters. The average molecular weight is 288 g/mol. The van der Waals surface area contributed by atoms with Gasteiger partial charge in [-0.15, -0.1) is 0 Å². The summed E-state index contributed by atoms with van der Waals surface area (Å²) in [5.41, 5.74) is 2.33. The summed E-state index contributed by atoms with van der Waals surface area (Å²) < 4.78 is 3.20. The zero-order chi connectivity index (χ0) is 15.4. The van der Waals surface area contributed by atoms with Crippen LogP contribution in [-0.4, -0.2) is 14.9 Å². The van der Waals surface area contributed by atoms with Gasteiger partial charge in [0.15, 0.2) is 5.78 Å². The SMILES string of the molecule is CCCCCCCC(=O)c1ccc2c(c1)n(C)c(=O)n2C. The number of ketones is 1. The molecule has 0 saturated heterocycles. The van der Waals surface area contributed by atoms with E-state index in [-0.39, 0.29) is 11.5 Å². The minimum Gasteiger partial charge on any atom is -0.295 e. The predicted octanol–water partition coefficient (Wildman–Crippen LogP) is 3.42. The first-order valence-corrected chi connectivity index (χ1v) is 7.75. The second kappa shape index (κ2) is 6.74. The molecule has 1 heterocycles. The zero-order valence-electron chi connectivity index (χ0n) is 13.2. The molecule has 0 spiro atoms. The standard InChI is InChI=1S/C17H24N2O2/c1-4-5-6-7-8-9-16(20)13-10-11-14-15(12-13)19(3)17(21)18(14)2/h10-12H,4-9H2,1-3H3. The third-order valence-electron chi connectivity index (χ3n) is 4.10. The highest BCUT2D eigenvalue weighted by molar-refractivity contribution is 5.98. The second-order valence-corrected chi connectivity index (χ2v) is 5.69. The van der Waals surface area contributed by atoms with Crippen molar-refractivity contribution in [3.8, 4) is 0 Å². The van der Waals surface area contributed by atoms with Crippen LogP contribution in [-0.2, 0) is 14.1 Å². The molecule has 21 heavy (non-hydrogen) atoms. The minimum atomic E-state index is -0.0610. The van der Waals surface area contributed by atoms with Gasteiger partial charge in [0, 0.05) is 26.1 Å². The number of nitrogens with zero attached hydrogens (tertiary/aromatic N) is 2. The van der Waals surface area contributed by atoms with Gasteiger partial charge in [0.25, 0.3) is 0 Å². The van der Waals surface area contributed by atoms with Crippen LogP contribution in [0.4, 0.5) is 0 Å². The number of hydrogen-bond acceptors (Lipinski definition) is 2. The number of hydrogen-bond donors (Lipinski definition) is 0. The molecule has 114 valence electrons. The van der Waals surface area contributed by atoms with E-state index >= 15 is 0 Å². The van der Waals surface area contributed by atoms with E-state index in [2.05, 4.69) is 6.92 Å². The lowest BCUT2D eigenvalue weighted by molar-refractivity contribution is 0.0979. The maximum Gasteiger partial charge on any atom is 0.328 e. The second-order valence-electron chi connectivity index (χ2n) is 5.69. The van der Waals surface area contributed by atoms with Crippen LogP contribution < -0.4 is 5.69 Å². The summed E-state index contributed by atoms with van der Waals surface area (Å²) in [6, 6.07) is 5.53. The number of Topliss-reactive ketones (excluding diaryl/α,β-unsaturated/α-hetero) is 1. The molecule has 0 aliphatic rings. The molecule has 0 saturated carbocycles. The van der Waals surface area contributed by atoms with E-state index in [0.29, 0.717) is 12.0 Å². The quantitative estimate of drug-likeness (QED) is 0.579. The van der Waals surface area contributed by atoms with Gasteiger partial charge in [-0.3, -0.25) is 13.9 Å². The fourth-order valence-electron chi connectivity index (χ4n) is 2.71. The predicted molar refractivity (Wildman–Crippen MR) is 85.9 cm³/mol. The van der Waals surface area contributed by atoms with Gasteiger partial charge in [0.2, 0.25) is 0 Å². The van der Waals surface area contributed by atoms with Crippen molar-refractivity contribution < 1.29 is 4.79 Å². The van der Waals surface area contributed by atoms with Crippen molar-refractivity contribution in [2.75, 3.05) is 0 Å². The van der Waals surface area contributed by atoms with Crippen LogP contribution in [0, 0.1) is 0 Å². The number of aromatic nitrogens is 2. The lowest BCUT2D eigenvalue weighted by Gasteiger charge is -2.03. The van der Waals surface area contributed by atoms with E-state index in [9.17, 15) is 9.59 Å². The normalized spacial score (nSPS) is 11.2. The van der Waals surface area contributed by atoms with Gasteiger partial charge in [-0.1, -0.05) is 32.6 Å². The molecule has 4 heteroatoms. The highest BCUT2D eigenvalue weighted by atomic mass is 16.1. The molecule has 0 amide bonds. The number of rotatable bonds is 7. The van der Waals surface area contributed by atoms with E-state index in [1.54, 1.807) is 23.2 Å². The summed E-state index contributed by atoms with van der Waals surface area (Å²) >= 11 is 0. The summed E-state index contributed by atoms with van der Waals surface area (Å²) in [4.78, 5) is 24.1. The molecule has 0 fully saturated rings. The maximum absolute atomic E-state index is 12.2. The summed E-state index contributed by atoms with van der Waals surface area (Å²) in [5.74, 6) is 0.171. The minimum absolute atomic E-state index is 0.0610. The Labute approximate surface area is 125 Å². The number of carbonyl (C=O) groups excluding carboxylic acids is 1. The molecule has 0 radical (unpaired) electrons. The Hall–Kier alpha value is -1.84. The van der Waals surface area contributed by atoms with Crippen LogP contribution >= 0.6 is 0 Å². The van der Waals surface area contributed by atoms with E-state index in [1.165, 1.54) is 19.3 Å². The Bertz CT molecular complexity index is 695. The topological polar surface area (TPSA) is 44.0 Å². The molecular formula is C17H24N2O2. The number of benzene rings is 1. The number of carbonyl (C=O) groups is 1. The molecule has 1 aromatic carbocycles. The van der Waals surface area contributed by atoms with Crippen LogP contribution in [0.3, 0.4) is 0 Å². The van der Waals surface area contributed by atoms with E-state index < -0.39 is 0 Å². The molecule has 4 nitrogen and oxygen atoms in total. The van der Waals surface area contributed by atoms with Crippen LogP contribution in [0.5, 0.6) is 0 Å². The van der Waals surface area contributed by atoms with Crippen molar-refractivity contribution in [2.45, 2.75) is 45.4 Å². The Morgan fingerprint density at radius 3 is 2.38 bits per heavy atom. The van der Waals surface area contributed by atoms with Gasteiger partial charge in [0.05, 0.1) is 11.0 Å². The van der Waals surface area contributed by atoms with Crippen LogP contribution in [0.15, 0.2) is 23.0 Å². The lowest BCUT2D eigenvalue weighted by Crippen LogP contribution is -2.19. The van der Waals surface area contributed by atoms with Crippen molar-refractivity contribution >= 4 is 16.8 Å². The fourth-order valence-corrected chi connectivity index (χ4v) is 2.71. The number of unbranched alkanes of at least 4 members (excludes halogenated alkanes) is 4. The fraction of sp³-hybridized carbons (Fsp3) is 0.529. The first-order valence-electron chi connectivity index (χ1n) is 7.75. The molecule has 1 aromatic heterocycles. The molecule has 2 aromatic rings. The molecule has 0 bridgehead atoms. The number of aryl methyl sites for hydroxylation is 2. The zero-order valence-corrected chi connectivity index (χ0v) is 13.2. The molecule has 0 atom stereocenters. The van der Waals surface area contributed by atoms with Gasteiger partial charge in [-0.05, 0) is 24.6 Å². The molecule has 0 aliphatic carbocycles. The van der Waals surface area contributed by atoms with Crippen molar-refractivity contribution in [1.29, 1.82) is 0 Å². The smallest absolute Gasteiger partial charge is 0.295 e. The van der Waals surface area contributed by atoms with Gasteiger partial charge in [-0.25, -0.2) is 4.79 Å². The van der Waals surface area contributed by atoms with Gasteiger partial charge >= 0.3 is 5.69 Å². The monoisotopic (exact) mass is 288 g/mol. The van der Waals surface area contributed by atoms with Crippen molar-refractivity contribution in [3.05, 3.63) is 34.2 Å². The van der Waals surface area contributed by atoms with Crippen molar-refractivity contribution in [3.63, 3.8) is 0 Å². The third kappa shape index (κ3) is 3.26. The van der Waals surface area contributed by atoms with E-state index in [0.717, 1.165) is 23.9 Å². The molecular weight excluding hydrogens is 264 g/mol. The maximum atomic E-state index is 12.2. The van der Waals surface area contributed by atoms with Crippen molar-refractivity contribution in [2.24, 2.45) is 14.1 Å². The summed E-state index contributed by atoms with van der Waals surface area (Å²) in [6.07, 6.45) is 6.32. The Morgan fingerprint density at radius 1 is 1.00 bits per heavy atom. The molecule has 2 rings (SSSR count). The highest BCUT2D eigenvalue weighted by Gasteiger charge is 2.11. The summed E-state index contributed by atoms with van der Waals surface area (Å²) in [5, 5.41) is 0. The summed E-state index contributed by atoms with van der Waals surface area (Å²) in [6.45, 7) is 2.19. The van der Waals surface area contributed by atoms with E-state index in [4.69, 9.17) is 0 Å². The third-order valence-corrected chi connectivity index (χ3v) is 4.10. The average Bonchev–Trinajstić information content (AvgIpc) is 2.71. The van der Waals surface area contributed by atoms with Gasteiger partial charge < -0.3 is 0 Å². The molecule has 0 aliphatic heterocycles. The van der Waals surface area contributed by atoms with Gasteiger partial charge in [-0.2, -0.15) is 0 Å². The first-order chi connectivity index (χ1) is 10.1. The Kier molecular flexibility index (Phi) is 4.99. The Morgan fingerprint density at radius 2 is 1.67 bits per heavy atom. The lowest BCUT2D eigenvalue weighted by atomic mass is 10.0.